The first-order valence-corrected chi connectivity index (χ1v) is 4.76. The predicted octanol–water partition coefficient (Wildman–Crippen LogP) is 0.945. The van der Waals surface area contributed by atoms with Crippen molar-refractivity contribution in [2.24, 2.45) is 0 Å². The fourth-order valence-corrected chi connectivity index (χ4v) is 2.13. The van der Waals surface area contributed by atoms with Gasteiger partial charge in [0.25, 0.3) is 0 Å². The van der Waals surface area contributed by atoms with Crippen molar-refractivity contribution < 1.29 is 14.3 Å². The molecule has 0 unspecified atom stereocenters. The highest BCUT2D eigenvalue weighted by atomic mass is 32.1. The molecule has 5 heteroatoms. The number of hydrogen-bond donors (Lipinski definition) is 0. The molecule has 0 saturated heterocycles. The van der Waals surface area contributed by atoms with E-state index >= 15 is 0 Å². The van der Waals surface area contributed by atoms with Crippen LogP contribution >= 0.6 is 11.3 Å². The van der Waals surface area contributed by atoms with Crippen molar-refractivity contribution in [1.82, 2.24) is 4.98 Å². The van der Waals surface area contributed by atoms with Crippen LogP contribution in [0.25, 0.3) is 0 Å². The Morgan fingerprint density at radius 2 is 2.31 bits per heavy atom. The fourth-order valence-electron chi connectivity index (χ4n) is 1.15. The molecule has 13 heavy (non-hydrogen) atoms. The van der Waals surface area contributed by atoms with Crippen molar-refractivity contribution in [1.29, 1.82) is 0 Å². The zero-order chi connectivity index (χ0) is 9.42. The largest absolute Gasteiger partial charge is 0.388 e. The van der Waals surface area contributed by atoms with Crippen molar-refractivity contribution in [2.75, 3.05) is 0 Å². The van der Waals surface area contributed by atoms with Gasteiger partial charge in [0.1, 0.15) is 0 Å². The van der Waals surface area contributed by atoms with Gasteiger partial charge in [-0.15, -0.1) is 11.3 Å². The Morgan fingerprint density at radius 3 is 3.00 bits per heavy atom. The van der Waals surface area contributed by atoms with E-state index in [9.17, 15) is 9.59 Å². The van der Waals surface area contributed by atoms with Crippen molar-refractivity contribution in [3.63, 3.8) is 0 Å². The van der Waals surface area contributed by atoms with Crippen LogP contribution in [0, 0.1) is 0 Å². The molecule has 2 rings (SSSR count). The molecule has 0 amide bonds. The Bertz CT molecular complexity index is 383. The summed E-state index contributed by atoms with van der Waals surface area (Å²) in [6.45, 7) is 1.96. The number of ether oxygens (including phenoxy) is 1. The number of nitrogens with zero attached hydrogens (tertiary/aromatic N) is 1. The van der Waals surface area contributed by atoms with Gasteiger partial charge in [-0.25, -0.2) is 9.78 Å². The quantitative estimate of drug-likeness (QED) is 0.496. The van der Waals surface area contributed by atoms with Crippen LogP contribution in [-0.2, 0) is 22.4 Å². The molecule has 0 bridgehead atoms. The number of cyclic esters (lactones) is 2. The molecule has 1 aromatic rings. The van der Waals surface area contributed by atoms with E-state index in [0.717, 1.165) is 16.3 Å². The van der Waals surface area contributed by atoms with E-state index in [1.807, 2.05) is 6.92 Å². The molecule has 0 atom stereocenters. The maximum atomic E-state index is 11.1. The van der Waals surface area contributed by atoms with Gasteiger partial charge in [0, 0.05) is 0 Å². The first-order valence-electron chi connectivity index (χ1n) is 3.94. The predicted molar refractivity (Wildman–Crippen MR) is 45.6 cm³/mol. The normalized spacial score (nSPS) is 15.5. The highest BCUT2D eigenvalue weighted by Gasteiger charge is 2.28. The van der Waals surface area contributed by atoms with E-state index in [1.165, 1.54) is 11.3 Å². The van der Waals surface area contributed by atoms with Gasteiger partial charge in [0.2, 0.25) is 0 Å². The van der Waals surface area contributed by atoms with Crippen molar-refractivity contribution in [2.45, 2.75) is 19.8 Å². The van der Waals surface area contributed by atoms with Crippen LogP contribution < -0.4 is 0 Å². The third-order valence-electron chi connectivity index (χ3n) is 1.75. The second kappa shape index (κ2) is 2.92. The second-order valence-electron chi connectivity index (χ2n) is 2.67. The minimum Gasteiger partial charge on any atom is -0.388 e. The van der Waals surface area contributed by atoms with Gasteiger partial charge in [-0.1, -0.05) is 6.92 Å². The molecule has 0 fully saturated rings. The number of rotatable bonds is 1. The third-order valence-corrected chi connectivity index (χ3v) is 2.95. The molecule has 68 valence electrons. The molecule has 1 aliphatic rings. The van der Waals surface area contributed by atoms with Crippen LogP contribution in [-0.4, -0.2) is 16.9 Å². The van der Waals surface area contributed by atoms with E-state index in [1.54, 1.807) is 0 Å². The summed E-state index contributed by atoms with van der Waals surface area (Å²) < 4.78 is 4.44. The molecule has 0 aromatic carbocycles. The SMILES string of the molecule is CCc1nc2c(s1)CC(=O)OC2=O. The van der Waals surface area contributed by atoms with Gasteiger partial charge < -0.3 is 4.74 Å². The van der Waals surface area contributed by atoms with Crippen LogP contribution in [0.3, 0.4) is 0 Å². The zero-order valence-electron chi connectivity index (χ0n) is 6.99. The molecule has 4 nitrogen and oxygen atoms in total. The van der Waals surface area contributed by atoms with Crippen LogP contribution in [0.15, 0.2) is 0 Å². The van der Waals surface area contributed by atoms with Crippen molar-refractivity contribution >= 4 is 23.3 Å². The van der Waals surface area contributed by atoms with Gasteiger partial charge in [0.15, 0.2) is 5.69 Å². The van der Waals surface area contributed by atoms with Gasteiger partial charge in [0.05, 0.1) is 16.3 Å². The molecular weight excluding hydrogens is 190 g/mol. The smallest absolute Gasteiger partial charge is 0.365 e. The molecular formula is C8H7NO3S. The number of carbonyl (C=O) groups is 2. The topological polar surface area (TPSA) is 56.3 Å². The number of carbonyl (C=O) groups excluding carboxylic acids is 2. The summed E-state index contributed by atoms with van der Waals surface area (Å²) in [5, 5.41) is 0.872. The second-order valence-corrected chi connectivity index (χ2v) is 3.84. The van der Waals surface area contributed by atoms with E-state index in [0.29, 0.717) is 5.69 Å². The molecule has 0 N–H and O–H groups in total. The Balaban J connectivity index is 2.46. The standard InChI is InChI=1S/C8H7NO3S/c1-2-5-9-7-4(13-5)3-6(10)12-8(7)11/h2-3H2,1H3. The third kappa shape index (κ3) is 1.35. The lowest BCUT2D eigenvalue weighted by Crippen LogP contribution is -2.21. The lowest BCUT2D eigenvalue weighted by molar-refractivity contribution is -0.137. The van der Waals surface area contributed by atoms with Gasteiger partial charge in [-0.2, -0.15) is 0 Å². The highest BCUT2D eigenvalue weighted by Crippen LogP contribution is 2.24. The number of thiazole rings is 1. The summed E-state index contributed by atoms with van der Waals surface area (Å²) in [6, 6.07) is 0. The zero-order valence-corrected chi connectivity index (χ0v) is 7.81. The van der Waals surface area contributed by atoms with Crippen molar-refractivity contribution in [3.05, 3.63) is 15.6 Å². The summed E-state index contributed by atoms with van der Waals surface area (Å²) in [5.74, 6) is -1.09. The molecule has 0 aliphatic carbocycles. The van der Waals surface area contributed by atoms with E-state index in [4.69, 9.17) is 0 Å². The number of fused-ring (bicyclic) bond motifs is 1. The van der Waals surface area contributed by atoms with Crippen molar-refractivity contribution in [3.8, 4) is 0 Å². The summed E-state index contributed by atoms with van der Waals surface area (Å²) >= 11 is 1.41. The molecule has 1 aromatic heterocycles. The van der Waals surface area contributed by atoms with E-state index in [-0.39, 0.29) is 6.42 Å². The Kier molecular flexibility index (Phi) is 1.88. The summed E-state index contributed by atoms with van der Waals surface area (Å²) in [4.78, 5) is 26.8. The highest BCUT2D eigenvalue weighted by molar-refractivity contribution is 7.12. The molecule has 0 saturated carbocycles. The number of aromatic nitrogens is 1. The summed E-state index contributed by atoms with van der Waals surface area (Å²) in [6.07, 6.45) is 0.956. The molecule has 2 heterocycles. The monoisotopic (exact) mass is 197 g/mol. The van der Waals surface area contributed by atoms with Gasteiger partial charge >= 0.3 is 11.9 Å². The number of aryl methyl sites for hydroxylation is 1. The van der Waals surface area contributed by atoms with E-state index < -0.39 is 11.9 Å². The Hall–Kier alpha value is -1.23. The van der Waals surface area contributed by atoms with E-state index in [2.05, 4.69) is 9.72 Å². The summed E-state index contributed by atoms with van der Waals surface area (Å²) in [7, 11) is 0. The average Bonchev–Trinajstić information content (AvgIpc) is 2.47. The maximum Gasteiger partial charge on any atom is 0.365 e. The number of esters is 2. The minimum atomic E-state index is -0.609. The van der Waals surface area contributed by atoms with Crippen LogP contribution in [0.1, 0.15) is 27.3 Å². The van der Waals surface area contributed by atoms with Crippen LogP contribution in [0.2, 0.25) is 0 Å². The first kappa shape index (κ1) is 8.37. The van der Waals surface area contributed by atoms with Crippen LogP contribution in [0.5, 0.6) is 0 Å². The summed E-state index contributed by atoms with van der Waals surface area (Å²) in [5.41, 5.74) is 0.321. The molecule has 0 spiro atoms. The molecule has 1 aliphatic heterocycles. The van der Waals surface area contributed by atoms with Gasteiger partial charge in [-0.05, 0) is 6.42 Å². The first-order chi connectivity index (χ1) is 6.20. The molecule has 0 radical (unpaired) electrons. The lowest BCUT2D eigenvalue weighted by atomic mass is 10.2. The number of hydrogen-bond acceptors (Lipinski definition) is 5. The van der Waals surface area contributed by atoms with Crippen LogP contribution in [0.4, 0.5) is 0 Å². The lowest BCUT2D eigenvalue weighted by Gasteiger charge is -2.06. The Morgan fingerprint density at radius 1 is 1.54 bits per heavy atom. The minimum absolute atomic E-state index is 0.179. The fraction of sp³-hybridized carbons (Fsp3) is 0.375. The average molecular weight is 197 g/mol. The Labute approximate surface area is 78.5 Å². The maximum absolute atomic E-state index is 11.1. The van der Waals surface area contributed by atoms with Gasteiger partial charge in [-0.3, -0.25) is 4.79 Å².